The van der Waals surface area contributed by atoms with Gasteiger partial charge in [-0.05, 0) is 57.1 Å². The van der Waals surface area contributed by atoms with Gasteiger partial charge in [-0.3, -0.25) is 14.5 Å². The van der Waals surface area contributed by atoms with Gasteiger partial charge in [0.2, 0.25) is 0 Å². The summed E-state index contributed by atoms with van der Waals surface area (Å²) in [5.41, 5.74) is 0.491. The fraction of sp³-hybridized carbons (Fsp3) is 0.550. The van der Waals surface area contributed by atoms with Crippen molar-refractivity contribution in [1.82, 2.24) is 9.80 Å². The van der Waals surface area contributed by atoms with Gasteiger partial charge in [0.15, 0.2) is 0 Å². The van der Waals surface area contributed by atoms with Crippen molar-refractivity contribution in [3.8, 4) is 0 Å². The minimum atomic E-state index is -0.503. The summed E-state index contributed by atoms with van der Waals surface area (Å²) in [6.45, 7) is 7.35. The summed E-state index contributed by atoms with van der Waals surface area (Å²) in [4.78, 5) is 40.5. The summed E-state index contributed by atoms with van der Waals surface area (Å²) < 4.78 is 5.46. The summed E-state index contributed by atoms with van der Waals surface area (Å²) >= 11 is 0. The summed E-state index contributed by atoms with van der Waals surface area (Å²) in [6.07, 6.45) is 0.625. The van der Waals surface area contributed by atoms with E-state index in [4.69, 9.17) is 4.74 Å². The molecule has 0 N–H and O–H groups in total. The highest BCUT2D eigenvalue weighted by Crippen LogP contribution is 2.52. The number of likely N-dealkylation sites (tertiary alicyclic amines) is 1. The van der Waals surface area contributed by atoms with Crippen molar-refractivity contribution in [2.45, 2.75) is 32.8 Å². The molecule has 1 aromatic rings. The molecule has 2 fully saturated rings. The lowest BCUT2D eigenvalue weighted by molar-refractivity contribution is 0.0205. The van der Waals surface area contributed by atoms with E-state index in [0.29, 0.717) is 42.6 Å². The highest BCUT2D eigenvalue weighted by atomic mass is 16.6. The molecule has 6 nitrogen and oxygen atoms in total. The number of fused-ring (bicyclic) bond motifs is 2. The predicted molar refractivity (Wildman–Crippen MR) is 94.7 cm³/mol. The highest BCUT2D eigenvalue weighted by molar-refractivity contribution is 6.21. The van der Waals surface area contributed by atoms with Gasteiger partial charge in [-0.1, -0.05) is 12.1 Å². The molecule has 3 atom stereocenters. The number of piperidine rings is 1. The monoisotopic (exact) mass is 356 g/mol. The Bertz CT molecular complexity index is 747. The number of hydrogen-bond acceptors (Lipinski definition) is 4. The second-order valence-corrected chi connectivity index (χ2v) is 8.47. The van der Waals surface area contributed by atoms with Gasteiger partial charge in [0.05, 0.1) is 11.1 Å². The van der Waals surface area contributed by atoms with Crippen LogP contribution in [0.1, 0.15) is 47.9 Å². The van der Waals surface area contributed by atoms with E-state index in [1.54, 1.807) is 29.2 Å². The Morgan fingerprint density at radius 2 is 1.73 bits per heavy atom. The molecule has 2 aliphatic heterocycles. The van der Waals surface area contributed by atoms with E-state index in [1.807, 2.05) is 20.8 Å². The lowest BCUT2D eigenvalue weighted by atomic mass is 10.1. The second-order valence-electron chi connectivity index (χ2n) is 8.47. The van der Waals surface area contributed by atoms with Crippen molar-refractivity contribution in [3.05, 3.63) is 35.4 Å². The van der Waals surface area contributed by atoms with Crippen LogP contribution < -0.4 is 0 Å². The van der Waals surface area contributed by atoms with Crippen LogP contribution in [0.15, 0.2) is 24.3 Å². The first kappa shape index (κ1) is 17.1. The number of carbonyl (C=O) groups excluding carboxylic acids is 3. The average molecular weight is 356 g/mol. The van der Waals surface area contributed by atoms with Gasteiger partial charge >= 0.3 is 6.09 Å². The normalized spacial score (nSPS) is 27.3. The lowest BCUT2D eigenvalue weighted by Crippen LogP contribution is -2.40. The number of rotatable bonds is 2. The number of imide groups is 1. The van der Waals surface area contributed by atoms with Crippen LogP contribution in [0.3, 0.4) is 0 Å². The van der Waals surface area contributed by atoms with Crippen LogP contribution in [0, 0.1) is 17.8 Å². The first-order valence-corrected chi connectivity index (χ1v) is 9.19. The maximum Gasteiger partial charge on any atom is 0.410 e. The summed E-state index contributed by atoms with van der Waals surface area (Å²) in [5, 5.41) is 0. The average Bonchev–Trinajstić information content (AvgIpc) is 3.22. The quantitative estimate of drug-likeness (QED) is 0.764. The molecule has 0 radical (unpaired) electrons. The highest BCUT2D eigenvalue weighted by Gasteiger charge is 2.55. The van der Waals surface area contributed by atoms with E-state index in [-0.39, 0.29) is 23.8 Å². The van der Waals surface area contributed by atoms with E-state index < -0.39 is 5.60 Å². The standard InChI is InChI=1S/C20H24N2O4/c1-20(2,3)26-19(25)21-9-8-12-15(10-21)16(12)11-22-17(23)13-6-4-5-7-14(13)18(22)24/h4-7,12,15-16H,8-11H2,1-3H3. The zero-order valence-corrected chi connectivity index (χ0v) is 15.4. The van der Waals surface area contributed by atoms with E-state index >= 15 is 0 Å². The molecule has 138 valence electrons. The van der Waals surface area contributed by atoms with Crippen LogP contribution in [-0.2, 0) is 4.74 Å². The van der Waals surface area contributed by atoms with Crippen molar-refractivity contribution in [3.63, 3.8) is 0 Å². The van der Waals surface area contributed by atoms with Gasteiger partial charge < -0.3 is 9.64 Å². The molecule has 3 aliphatic rings. The maximum absolute atomic E-state index is 12.5. The topological polar surface area (TPSA) is 66.9 Å². The fourth-order valence-electron chi connectivity index (χ4n) is 4.25. The van der Waals surface area contributed by atoms with Crippen LogP contribution >= 0.6 is 0 Å². The molecule has 1 aliphatic carbocycles. The smallest absolute Gasteiger partial charge is 0.410 e. The number of hydrogen-bond donors (Lipinski definition) is 0. The van der Waals surface area contributed by atoms with E-state index in [2.05, 4.69) is 0 Å². The number of ether oxygens (including phenoxy) is 1. The largest absolute Gasteiger partial charge is 0.444 e. The van der Waals surface area contributed by atoms with Crippen molar-refractivity contribution in [1.29, 1.82) is 0 Å². The third kappa shape index (κ3) is 2.87. The van der Waals surface area contributed by atoms with Crippen molar-refractivity contribution >= 4 is 17.9 Å². The first-order chi connectivity index (χ1) is 12.3. The van der Waals surface area contributed by atoms with Crippen LogP contribution in [0.2, 0.25) is 0 Å². The summed E-state index contributed by atoms with van der Waals surface area (Å²) in [7, 11) is 0. The molecule has 2 heterocycles. The molecule has 3 unspecified atom stereocenters. The lowest BCUT2D eigenvalue weighted by Gasteiger charge is -2.29. The molecule has 1 saturated heterocycles. The van der Waals surface area contributed by atoms with Crippen LogP contribution in [0.5, 0.6) is 0 Å². The molecule has 1 aromatic carbocycles. The first-order valence-electron chi connectivity index (χ1n) is 9.19. The van der Waals surface area contributed by atoms with Gasteiger partial charge in [0.25, 0.3) is 11.8 Å². The molecule has 6 heteroatoms. The molecule has 26 heavy (non-hydrogen) atoms. The maximum atomic E-state index is 12.5. The minimum absolute atomic E-state index is 0.196. The molecule has 0 spiro atoms. The third-order valence-corrected chi connectivity index (χ3v) is 5.60. The number of carbonyl (C=O) groups is 3. The molecule has 0 aromatic heterocycles. The van der Waals surface area contributed by atoms with Gasteiger partial charge in [0.1, 0.15) is 5.60 Å². The fourth-order valence-corrected chi connectivity index (χ4v) is 4.25. The Morgan fingerprint density at radius 1 is 1.12 bits per heavy atom. The van der Waals surface area contributed by atoms with Crippen LogP contribution in [0.4, 0.5) is 4.79 Å². The van der Waals surface area contributed by atoms with Gasteiger partial charge in [-0.25, -0.2) is 4.79 Å². The number of benzene rings is 1. The zero-order chi connectivity index (χ0) is 18.6. The number of amides is 3. The molecule has 4 rings (SSSR count). The molecule has 0 bridgehead atoms. The molecule has 1 saturated carbocycles. The van der Waals surface area contributed by atoms with Gasteiger partial charge in [-0.2, -0.15) is 0 Å². The molecular formula is C20H24N2O4. The van der Waals surface area contributed by atoms with E-state index in [0.717, 1.165) is 6.42 Å². The third-order valence-electron chi connectivity index (χ3n) is 5.60. The Kier molecular flexibility index (Phi) is 3.82. The van der Waals surface area contributed by atoms with Gasteiger partial charge in [0, 0.05) is 19.6 Å². The Hall–Kier alpha value is -2.37. The second kappa shape index (κ2) is 5.83. The Labute approximate surface area is 153 Å². The zero-order valence-electron chi connectivity index (χ0n) is 15.4. The van der Waals surface area contributed by atoms with Crippen molar-refractivity contribution in [2.75, 3.05) is 19.6 Å². The SMILES string of the molecule is CC(C)(C)OC(=O)N1CCC2C(C1)C2CN1C(=O)c2ccccc2C1=O. The van der Waals surface area contributed by atoms with Crippen molar-refractivity contribution in [2.24, 2.45) is 17.8 Å². The summed E-state index contributed by atoms with van der Waals surface area (Å²) in [6, 6.07) is 6.98. The molecular weight excluding hydrogens is 332 g/mol. The summed E-state index contributed by atoms with van der Waals surface area (Å²) in [5.74, 6) is 0.722. The predicted octanol–water partition coefficient (Wildman–Crippen LogP) is 2.79. The Balaban J connectivity index is 1.39. The number of nitrogens with zero attached hydrogens (tertiary/aromatic N) is 2. The van der Waals surface area contributed by atoms with Crippen LogP contribution in [0.25, 0.3) is 0 Å². The minimum Gasteiger partial charge on any atom is -0.444 e. The van der Waals surface area contributed by atoms with Crippen molar-refractivity contribution < 1.29 is 19.1 Å². The van der Waals surface area contributed by atoms with Crippen LogP contribution in [-0.4, -0.2) is 52.9 Å². The van der Waals surface area contributed by atoms with E-state index in [9.17, 15) is 14.4 Å². The Morgan fingerprint density at radius 3 is 2.31 bits per heavy atom. The van der Waals surface area contributed by atoms with Gasteiger partial charge in [-0.15, -0.1) is 0 Å². The van der Waals surface area contributed by atoms with E-state index in [1.165, 1.54) is 4.90 Å². The molecule has 3 amide bonds.